The average molecular weight is 362 g/mol. The Bertz CT molecular complexity index is 365. The largest absolute Gasteiger partial charge is 0.378 e. The summed E-state index contributed by atoms with van der Waals surface area (Å²) < 4.78 is 11.2. The van der Waals surface area contributed by atoms with Crippen molar-refractivity contribution in [2.45, 2.75) is 51.5 Å². The van der Waals surface area contributed by atoms with Gasteiger partial charge in [0.05, 0.1) is 19.3 Å². The van der Waals surface area contributed by atoms with Gasteiger partial charge in [0.1, 0.15) is 0 Å². The number of alkyl halides is 1. The zero-order chi connectivity index (χ0) is 15.8. The zero-order valence-electron chi connectivity index (χ0n) is 13.7. The second-order valence-electron chi connectivity index (χ2n) is 5.39. The Labute approximate surface area is 137 Å². The van der Waals surface area contributed by atoms with Crippen LogP contribution in [0.3, 0.4) is 0 Å². The van der Waals surface area contributed by atoms with Crippen LogP contribution in [0, 0.1) is 0 Å². The van der Waals surface area contributed by atoms with E-state index in [9.17, 15) is 4.79 Å². The van der Waals surface area contributed by atoms with Gasteiger partial charge >= 0.3 is 0 Å². The van der Waals surface area contributed by atoms with Crippen LogP contribution in [0.25, 0.3) is 0 Å². The summed E-state index contributed by atoms with van der Waals surface area (Å²) in [5.74, 6) is 0.108. The molecule has 5 heteroatoms. The molecule has 1 aliphatic rings. The summed E-state index contributed by atoms with van der Waals surface area (Å²) >= 11 is 3.72. The van der Waals surface area contributed by atoms with Crippen molar-refractivity contribution in [3.8, 4) is 0 Å². The fourth-order valence-corrected chi connectivity index (χ4v) is 3.50. The molecule has 1 aliphatic heterocycles. The van der Waals surface area contributed by atoms with E-state index in [0.717, 1.165) is 24.0 Å². The number of carbonyl (C=O) groups excluding carboxylic acids is 1. The number of morpholine rings is 1. The maximum atomic E-state index is 12.6. The molecule has 0 N–H and O–H groups in total. The molecule has 0 radical (unpaired) electrons. The monoisotopic (exact) mass is 361 g/mol. The lowest BCUT2D eigenvalue weighted by molar-refractivity contribution is -0.131. The van der Waals surface area contributed by atoms with Crippen molar-refractivity contribution in [2.24, 2.45) is 0 Å². The van der Waals surface area contributed by atoms with Crippen molar-refractivity contribution in [1.82, 2.24) is 4.90 Å². The van der Waals surface area contributed by atoms with Crippen LogP contribution in [-0.2, 0) is 14.3 Å². The van der Waals surface area contributed by atoms with E-state index in [-0.39, 0.29) is 16.8 Å². The molecule has 0 saturated carbocycles. The highest BCUT2D eigenvalue weighted by Gasteiger charge is 2.26. The van der Waals surface area contributed by atoms with E-state index in [2.05, 4.69) is 22.9 Å². The van der Waals surface area contributed by atoms with Crippen LogP contribution < -0.4 is 0 Å². The lowest BCUT2D eigenvalue weighted by Gasteiger charge is -2.29. The van der Waals surface area contributed by atoms with Crippen LogP contribution in [0.4, 0.5) is 0 Å². The van der Waals surface area contributed by atoms with Crippen molar-refractivity contribution < 1.29 is 14.3 Å². The summed E-state index contributed by atoms with van der Waals surface area (Å²) in [5, 5.41) is 0. The smallest absolute Gasteiger partial charge is 0.249 e. The maximum Gasteiger partial charge on any atom is 0.249 e. The van der Waals surface area contributed by atoms with E-state index in [1.807, 2.05) is 25.7 Å². The van der Waals surface area contributed by atoms with Gasteiger partial charge in [-0.05, 0) is 32.8 Å². The van der Waals surface area contributed by atoms with E-state index < -0.39 is 0 Å². The number of nitrogens with zero attached hydrogens (tertiary/aromatic N) is 1. The minimum Gasteiger partial charge on any atom is -0.378 e. The van der Waals surface area contributed by atoms with Crippen LogP contribution in [0.5, 0.6) is 0 Å². The van der Waals surface area contributed by atoms with Gasteiger partial charge in [0, 0.05) is 30.1 Å². The van der Waals surface area contributed by atoms with E-state index in [1.165, 1.54) is 0 Å². The molecule has 1 saturated heterocycles. The van der Waals surface area contributed by atoms with Crippen molar-refractivity contribution in [3.63, 3.8) is 0 Å². The summed E-state index contributed by atoms with van der Waals surface area (Å²) in [6.07, 6.45) is 2.07. The van der Waals surface area contributed by atoms with Gasteiger partial charge in [-0.15, -0.1) is 0 Å². The number of hydrogen-bond acceptors (Lipinski definition) is 3. The molecule has 4 nitrogen and oxygen atoms in total. The summed E-state index contributed by atoms with van der Waals surface area (Å²) in [5.41, 5.74) is 1.83. The molecule has 0 aliphatic carbocycles. The van der Waals surface area contributed by atoms with Crippen molar-refractivity contribution in [1.29, 1.82) is 0 Å². The van der Waals surface area contributed by atoms with Crippen molar-refractivity contribution >= 4 is 21.8 Å². The van der Waals surface area contributed by atoms with Gasteiger partial charge < -0.3 is 14.4 Å². The fourth-order valence-electron chi connectivity index (χ4n) is 2.49. The third kappa shape index (κ3) is 5.38. The summed E-state index contributed by atoms with van der Waals surface area (Å²) in [6, 6.07) is 0. The Hall–Kier alpha value is -0.390. The average Bonchev–Trinajstić information content (AvgIpc) is 2.51. The van der Waals surface area contributed by atoms with Crippen LogP contribution in [0.15, 0.2) is 11.1 Å². The standard InChI is InChI=1S/C16H28BrNO3/c1-5-7-14(17)15(21-6-2)12(3)13(4)16(19)18-8-10-20-11-9-18/h14-15H,5-11H2,1-4H3/b13-12+. The van der Waals surface area contributed by atoms with Crippen molar-refractivity contribution in [3.05, 3.63) is 11.1 Å². The summed E-state index contributed by atoms with van der Waals surface area (Å²) in [4.78, 5) is 14.7. The highest BCUT2D eigenvalue weighted by atomic mass is 79.9. The molecule has 0 aromatic rings. The van der Waals surface area contributed by atoms with Crippen molar-refractivity contribution in [2.75, 3.05) is 32.9 Å². The molecule has 1 heterocycles. The van der Waals surface area contributed by atoms with Crippen LogP contribution in [0.1, 0.15) is 40.5 Å². The Kier molecular flexibility index (Phi) is 8.52. The topological polar surface area (TPSA) is 38.8 Å². The first-order valence-electron chi connectivity index (χ1n) is 7.82. The Morgan fingerprint density at radius 2 is 1.90 bits per heavy atom. The molecule has 1 amide bonds. The molecule has 1 rings (SSSR count). The molecule has 0 aromatic carbocycles. The lowest BCUT2D eigenvalue weighted by atomic mass is 9.99. The van der Waals surface area contributed by atoms with Crippen LogP contribution in [0.2, 0.25) is 0 Å². The fraction of sp³-hybridized carbons (Fsp3) is 0.812. The second kappa shape index (κ2) is 9.59. The van der Waals surface area contributed by atoms with E-state index in [4.69, 9.17) is 9.47 Å². The number of hydrogen-bond donors (Lipinski definition) is 0. The Balaban J connectivity index is 2.85. The molecule has 2 atom stereocenters. The zero-order valence-corrected chi connectivity index (χ0v) is 15.2. The molecule has 2 unspecified atom stereocenters. The lowest BCUT2D eigenvalue weighted by Crippen LogP contribution is -2.42. The summed E-state index contributed by atoms with van der Waals surface area (Å²) in [7, 11) is 0. The third-order valence-electron chi connectivity index (χ3n) is 3.88. The number of amides is 1. The molecular formula is C16H28BrNO3. The Morgan fingerprint density at radius 1 is 1.29 bits per heavy atom. The molecule has 0 bridgehead atoms. The van der Waals surface area contributed by atoms with Gasteiger partial charge in [0.25, 0.3) is 0 Å². The van der Waals surface area contributed by atoms with Crippen LogP contribution >= 0.6 is 15.9 Å². The minimum absolute atomic E-state index is 0.0417. The molecule has 0 spiro atoms. The number of carbonyl (C=O) groups is 1. The first-order valence-corrected chi connectivity index (χ1v) is 8.74. The normalized spacial score (nSPS) is 20.0. The molecule has 0 aromatic heterocycles. The quantitative estimate of drug-likeness (QED) is 0.516. The molecule has 21 heavy (non-hydrogen) atoms. The SMILES string of the molecule is CCCC(Br)C(OCC)/C(C)=C(\C)C(=O)N1CCOCC1. The van der Waals surface area contributed by atoms with Gasteiger partial charge in [-0.1, -0.05) is 29.3 Å². The summed E-state index contributed by atoms with van der Waals surface area (Å²) in [6.45, 7) is 11.3. The number of halogens is 1. The highest BCUT2D eigenvalue weighted by Crippen LogP contribution is 2.24. The third-order valence-corrected chi connectivity index (χ3v) is 4.81. The molecular weight excluding hydrogens is 334 g/mol. The van der Waals surface area contributed by atoms with Crippen LogP contribution in [-0.4, -0.2) is 54.6 Å². The molecule has 1 fully saturated rings. The van der Waals surface area contributed by atoms with Gasteiger partial charge in [0.15, 0.2) is 0 Å². The minimum atomic E-state index is -0.0417. The molecule has 122 valence electrons. The van der Waals surface area contributed by atoms with Gasteiger partial charge in [-0.2, -0.15) is 0 Å². The second-order valence-corrected chi connectivity index (χ2v) is 6.57. The predicted octanol–water partition coefficient (Wildman–Crippen LogP) is 3.15. The van der Waals surface area contributed by atoms with Gasteiger partial charge in [0.2, 0.25) is 5.91 Å². The number of rotatable bonds is 7. The first-order chi connectivity index (χ1) is 10.0. The maximum absolute atomic E-state index is 12.6. The van der Waals surface area contributed by atoms with E-state index in [1.54, 1.807) is 0 Å². The highest BCUT2D eigenvalue weighted by molar-refractivity contribution is 9.09. The number of ether oxygens (including phenoxy) is 2. The van der Waals surface area contributed by atoms with Gasteiger partial charge in [-0.25, -0.2) is 0 Å². The Morgan fingerprint density at radius 3 is 2.43 bits per heavy atom. The van der Waals surface area contributed by atoms with E-state index in [0.29, 0.717) is 32.9 Å². The predicted molar refractivity (Wildman–Crippen MR) is 88.8 cm³/mol. The van der Waals surface area contributed by atoms with Gasteiger partial charge in [-0.3, -0.25) is 4.79 Å². The van der Waals surface area contributed by atoms with E-state index >= 15 is 0 Å². The first kappa shape index (κ1) is 18.7.